The number of rotatable bonds is 7. The van der Waals surface area contributed by atoms with Gasteiger partial charge < -0.3 is 25.4 Å². The smallest absolute Gasteiger partial charge is 0.230 e. The highest BCUT2D eigenvalue weighted by atomic mass is 32.1. The number of aromatic nitrogens is 2. The Kier molecular flexibility index (Phi) is 7.32. The fourth-order valence-electron chi connectivity index (χ4n) is 3.42. The first-order valence-electron chi connectivity index (χ1n) is 10.5. The van der Waals surface area contributed by atoms with Gasteiger partial charge in [-0.1, -0.05) is 30.3 Å². The van der Waals surface area contributed by atoms with Gasteiger partial charge in [0.15, 0.2) is 16.6 Å². The number of carbonyl (C=O) groups excluding carboxylic acids is 1. The van der Waals surface area contributed by atoms with Gasteiger partial charge in [-0.05, 0) is 42.0 Å². The topological polar surface area (TPSA) is 97.4 Å². The summed E-state index contributed by atoms with van der Waals surface area (Å²) in [6, 6.07) is 17.2. The molecule has 3 N–H and O–H groups in total. The average Bonchev–Trinajstić information content (AvgIpc) is 2.85. The first-order valence-corrected chi connectivity index (χ1v) is 11.0. The molecule has 0 unspecified atom stereocenters. The number of hydrogen-bond donors (Lipinski definition) is 3. The zero-order valence-electron chi connectivity index (χ0n) is 19.0. The molecule has 0 bridgehead atoms. The molecule has 3 aromatic carbocycles. The van der Waals surface area contributed by atoms with E-state index in [0.29, 0.717) is 33.9 Å². The summed E-state index contributed by atoms with van der Waals surface area (Å²) < 4.78 is 25.5. The van der Waals surface area contributed by atoms with Crippen LogP contribution >= 0.6 is 12.2 Å². The molecule has 0 saturated carbocycles. The highest BCUT2D eigenvalue weighted by molar-refractivity contribution is 7.80. The molecule has 0 radical (unpaired) electrons. The van der Waals surface area contributed by atoms with E-state index >= 15 is 0 Å². The minimum atomic E-state index is -0.541. The molecular weight excluding hydrogens is 469 g/mol. The molecule has 10 heteroatoms. The number of halogens is 1. The Morgan fingerprint density at radius 2 is 1.74 bits per heavy atom. The number of ether oxygens (including phenoxy) is 2. The number of thiocarbonyl (C=S) groups is 1. The highest BCUT2D eigenvalue weighted by Gasteiger charge is 2.13. The number of carbonyl (C=O) groups is 1. The molecule has 0 fully saturated rings. The van der Waals surface area contributed by atoms with E-state index in [1.807, 2.05) is 30.3 Å². The van der Waals surface area contributed by atoms with Gasteiger partial charge in [0.1, 0.15) is 18.0 Å². The van der Waals surface area contributed by atoms with Crippen molar-refractivity contribution in [2.75, 3.05) is 24.9 Å². The van der Waals surface area contributed by atoms with Crippen LogP contribution in [-0.4, -0.2) is 35.2 Å². The molecule has 0 spiro atoms. The maximum atomic E-state index is 14.9. The lowest BCUT2D eigenvalue weighted by atomic mass is 10.1. The molecule has 1 amide bonds. The van der Waals surface area contributed by atoms with Gasteiger partial charge >= 0.3 is 0 Å². The van der Waals surface area contributed by atoms with Crippen LogP contribution in [0.15, 0.2) is 67.0 Å². The molecule has 0 atom stereocenters. The van der Waals surface area contributed by atoms with E-state index in [2.05, 4.69) is 25.9 Å². The van der Waals surface area contributed by atoms with Crippen molar-refractivity contribution < 1.29 is 18.7 Å². The SMILES string of the molecule is COc1cc2ncnc(Nc3ccc(NC(=S)NC(=O)Cc4ccccc4)cc3F)c2cc1OC. The number of nitrogens with one attached hydrogen (secondary N) is 3. The highest BCUT2D eigenvalue weighted by Crippen LogP contribution is 2.34. The second-order valence-electron chi connectivity index (χ2n) is 7.43. The number of methoxy groups -OCH3 is 2. The predicted octanol–water partition coefficient (Wildman–Crippen LogP) is 4.59. The quantitative estimate of drug-likeness (QED) is 0.323. The fourth-order valence-corrected chi connectivity index (χ4v) is 3.65. The van der Waals surface area contributed by atoms with Crippen molar-refractivity contribution in [3.05, 3.63) is 78.4 Å². The second-order valence-corrected chi connectivity index (χ2v) is 7.84. The second kappa shape index (κ2) is 10.7. The molecule has 1 heterocycles. The summed E-state index contributed by atoms with van der Waals surface area (Å²) in [5.74, 6) is 0.619. The van der Waals surface area contributed by atoms with Crippen molar-refractivity contribution in [1.29, 1.82) is 0 Å². The Hall–Kier alpha value is -4.31. The van der Waals surface area contributed by atoms with Crippen LogP contribution in [0.25, 0.3) is 10.9 Å². The number of nitrogens with zero attached hydrogens (tertiary/aromatic N) is 2. The number of hydrogen-bond acceptors (Lipinski definition) is 7. The first-order chi connectivity index (χ1) is 17.0. The van der Waals surface area contributed by atoms with Gasteiger partial charge in [-0.3, -0.25) is 4.79 Å². The molecule has 178 valence electrons. The van der Waals surface area contributed by atoms with Gasteiger partial charge in [-0.25, -0.2) is 14.4 Å². The van der Waals surface area contributed by atoms with Crippen LogP contribution in [0.2, 0.25) is 0 Å². The van der Waals surface area contributed by atoms with Gasteiger partial charge in [0, 0.05) is 17.1 Å². The lowest BCUT2D eigenvalue weighted by Crippen LogP contribution is -2.35. The molecule has 4 aromatic rings. The molecule has 8 nitrogen and oxygen atoms in total. The summed E-state index contributed by atoms with van der Waals surface area (Å²) in [6.07, 6.45) is 1.56. The van der Waals surface area contributed by atoms with Crippen LogP contribution in [0.5, 0.6) is 11.5 Å². The largest absolute Gasteiger partial charge is 0.493 e. The van der Waals surface area contributed by atoms with E-state index in [1.165, 1.54) is 26.6 Å². The Morgan fingerprint density at radius 3 is 2.46 bits per heavy atom. The van der Waals surface area contributed by atoms with Crippen LogP contribution in [0, 0.1) is 5.82 Å². The van der Waals surface area contributed by atoms with E-state index < -0.39 is 5.82 Å². The number of benzene rings is 3. The van der Waals surface area contributed by atoms with Crippen LogP contribution in [-0.2, 0) is 11.2 Å². The molecule has 35 heavy (non-hydrogen) atoms. The van der Waals surface area contributed by atoms with Crippen molar-refractivity contribution in [2.45, 2.75) is 6.42 Å². The Bertz CT molecular complexity index is 1380. The van der Waals surface area contributed by atoms with E-state index in [9.17, 15) is 9.18 Å². The lowest BCUT2D eigenvalue weighted by Gasteiger charge is -2.14. The molecule has 0 aliphatic carbocycles. The van der Waals surface area contributed by atoms with E-state index in [1.54, 1.807) is 24.3 Å². The molecule has 4 rings (SSSR count). The summed E-state index contributed by atoms with van der Waals surface area (Å²) in [4.78, 5) is 20.7. The number of amides is 1. The van der Waals surface area contributed by atoms with Gasteiger partial charge in [0.25, 0.3) is 0 Å². The van der Waals surface area contributed by atoms with Crippen molar-refractivity contribution in [3.8, 4) is 11.5 Å². The van der Waals surface area contributed by atoms with Gasteiger partial charge in [0.2, 0.25) is 5.91 Å². The van der Waals surface area contributed by atoms with Gasteiger partial charge in [0.05, 0.1) is 31.8 Å². The average molecular weight is 492 g/mol. The zero-order chi connectivity index (χ0) is 24.8. The van der Waals surface area contributed by atoms with Crippen molar-refractivity contribution in [3.63, 3.8) is 0 Å². The molecular formula is C25H22FN5O3S. The summed E-state index contributed by atoms with van der Waals surface area (Å²) in [5, 5.41) is 9.12. The molecule has 0 saturated heterocycles. The fraction of sp³-hybridized carbons (Fsp3) is 0.120. The van der Waals surface area contributed by atoms with Crippen LogP contribution in [0.4, 0.5) is 21.6 Å². The van der Waals surface area contributed by atoms with Gasteiger partial charge in [-0.15, -0.1) is 0 Å². The Balaban J connectivity index is 1.45. The van der Waals surface area contributed by atoms with E-state index in [-0.39, 0.29) is 23.1 Å². The lowest BCUT2D eigenvalue weighted by molar-refractivity contribution is -0.119. The standard InChI is InChI=1S/C25H22FN5O3S/c1-33-21-12-17-20(13-22(21)34-2)27-14-28-24(17)30-19-9-8-16(11-18(19)26)29-25(35)31-23(32)10-15-6-4-3-5-7-15/h3-9,11-14H,10H2,1-2H3,(H,27,28,30)(H2,29,31,32,35). The third-order valence-corrected chi connectivity index (χ3v) is 5.29. The third kappa shape index (κ3) is 5.79. The maximum absolute atomic E-state index is 14.9. The molecule has 1 aromatic heterocycles. The summed E-state index contributed by atoms with van der Waals surface area (Å²) >= 11 is 5.19. The van der Waals surface area contributed by atoms with Crippen molar-refractivity contribution >= 4 is 51.3 Å². The minimum absolute atomic E-state index is 0.0777. The van der Waals surface area contributed by atoms with Crippen LogP contribution < -0.4 is 25.4 Å². The number of anilines is 3. The Morgan fingerprint density at radius 1 is 1.00 bits per heavy atom. The summed E-state index contributed by atoms with van der Waals surface area (Å²) in [6.45, 7) is 0. The van der Waals surface area contributed by atoms with Crippen molar-refractivity contribution in [1.82, 2.24) is 15.3 Å². The van der Waals surface area contributed by atoms with Gasteiger partial charge in [-0.2, -0.15) is 0 Å². The third-order valence-electron chi connectivity index (χ3n) is 5.08. The normalized spacial score (nSPS) is 10.5. The van der Waals surface area contributed by atoms with Crippen LogP contribution in [0.3, 0.4) is 0 Å². The predicted molar refractivity (Wildman–Crippen MR) is 137 cm³/mol. The zero-order valence-corrected chi connectivity index (χ0v) is 19.8. The molecule has 0 aliphatic rings. The Labute approximate surface area is 206 Å². The van der Waals surface area contributed by atoms with Crippen LogP contribution in [0.1, 0.15) is 5.56 Å². The maximum Gasteiger partial charge on any atom is 0.230 e. The van der Waals surface area contributed by atoms with E-state index in [0.717, 1.165) is 5.56 Å². The summed E-state index contributed by atoms with van der Waals surface area (Å²) in [5.41, 5.74) is 2.05. The van der Waals surface area contributed by atoms with Crippen molar-refractivity contribution in [2.24, 2.45) is 0 Å². The summed E-state index contributed by atoms with van der Waals surface area (Å²) in [7, 11) is 3.07. The molecule has 0 aliphatic heterocycles. The number of fused-ring (bicyclic) bond motifs is 1. The van der Waals surface area contributed by atoms with E-state index in [4.69, 9.17) is 21.7 Å². The first kappa shape index (κ1) is 23.8. The minimum Gasteiger partial charge on any atom is -0.493 e. The monoisotopic (exact) mass is 491 g/mol.